The minimum Gasteiger partial charge on any atom is -0.455 e. The summed E-state index contributed by atoms with van der Waals surface area (Å²) in [5.41, 5.74) is 0.406. The Balaban J connectivity index is 1.29. The molecule has 2 amide bonds. The highest BCUT2D eigenvalue weighted by Crippen LogP contribution is 2.56. The highest BCUT2D eigenvalue weighted by molar-refractivity contribution is 6.05. The maximum Gasteiger partial charge on any atom is 0.310 e. The lowest BCUT2D eigenvalue weighted by Gasteiger charge is -2.53. The van der Waals surface area contributed by atoms with Crippen LogP contribution in [-0.4, -0.2) is 24.4 Å². The first-order chi connectivity index (χ1) is 12.1. The standard InChI is InChI=1S/C20H23NO4/c22-17(21-19(23)14-4-2-1-3-5-14)11-25-20(24)18-15-7-12-6-13(9-15)10-16(18)8-12/h1-5,12-13,15-16,18H,6-11H2,(H,21,22,23). The molecular formula is C20H23NO4. The zero-order chi connectivity index (χ0) is 17.4. The fourth-order valence-corrected chi connectivity index (χ4v) is 5.37. The van der Waals surface area contributed by atoms with Crippen LogP contribution in [-0.2, 0) is 14.3 Å². The Morgan fingerprint density at radius 1 is 0.920 bits per heavy atom. The Kier molecular flexibility index (Phi) is 4.32. The Bertz CT molecular complexity index is 656. The summed E-state index contributed by atoms with van der Waals surface area (Å²) >= 11 is 0. The third kappa shape index (κ3) is 3.32. The van der Waals surface area contributed by atoms with Crippen LogP contribution in [0.3, 0.4) is 0 Å². The van der Waals surface area contributed by atoms with Gasteiger partial charge in [-0.1, -0.05) is 18.2 Å². The molecule has 4 aliphatic rings. The molecule has 0 heterocycles. The molecule has 0 aromatic heterocycles. The van der Waals surface area contributed by atoms with Crippen LogP contribution in [0.15, 0.2) is 30.3 Å². The van der Waals surface area contributed by atoms with Gasteiger partial charge in [0.2, 0.25) is 0 Å². The van der Waals surface area contributed by atoms with E-state index >= 15 is 0 Å². The van der Waals surface area contributed by atoms with Gasteiger partial charge < -0.3 is 4.74 Å². The van der Waals surface area contributed by atoms with Gasteiger partial charge in [-0.15, -0.1) is 0 Å². The monoisotopic (exact) mass is 341 g/mol. The number of hydrogen-bond donors (Lipinski definition) is 1. The van der Waals surface area contributed by atoms with E-state index in [1.54, 1.807) is 30.3 Å². The summed E-state index contributed by atoms with van der Waals surface area (Å²) in [5, 5.41) is 2.26. The summed E-state index contributed by atoms with van der Waals surface area (Å²) in [6.07, 6.45) is 5.85. The molecule has 5 heteroatoms. The molecule has 4 fully saturated rings. The highest BCUT2D eigenvalue weighted by Gasteiger charge is 2.51. The number of benzene rings is 1. The van der Waals surface area contributed by atoms with Crippen molar-refractivity contribution >= 4 is 17.8 Å². The lowest BCUT2D eigenvalue weighted by atomic mass is 9.52. The zero-order valence-corrected chi connectivity index (χ0v) is 14.1. The van der Waals surface area contributed by atoms with Gasteiger partial charge in [0, 0.05) is 5.56 Å². The van der Waals surface area contributed by atoms with Crippen LogP contribution in [0.5, 0.6) is 0 Å². The van der Waals surface area contributed by atoms with E-state index in [2.05, 4.69) is 5.32 Å². The molecule has 4 saturated carbocycles. The molecule has 1 aromatic carbocycles. The molecule has 25 heavy (non-hydrogen) atoms. The molecule has 0 unspecified atom stereocenters. The fourth-order valence-electron chi connectivity index (χ4n) is 5.37. The van der Waals surface area contributed by atoms with Crippen LogP contribution in [0.25, 0.3) is 0 Å². The molecule has 1 N–H and O–H groups in total. The normalized spacial score (nSPS) is 32.2. The molecular weight excluding hydrogens is 318 g/mol. The van der Waals surface area contributed by atoms with Gasteiger partial charge in [0.25, 0.3) is 11.8 Å². The van der Waals surface area contributed by atoms with Crippen molar-refractivity contribution in [1.29, 1.82) is 0 Å². The molecule has 0 radical (unpaired) electrons. The maximum absolute atomic E-state index is 12.5. The number of hydrogen-bond acceptors (Lipinski definition) is 4. The smallest absolute Gasteiger partial charge is 0.310 e. The van der Waals surface area contributed by atoms with Crippen LogP contribution in [0, 0.1) is 29.6 Å². The van der Waals surface area contributed by atoms with E-state index in [4.69, 9.17) is 4.74 Å². The summed E-state index contributed by atoms with van der Waals surface area (Å²) in [6.45, 7) is -0.389. The van der Waals surface area contributed by atoms with Gasteiger partial charge in [0.15, 0.2) is 6.61 Å². The number of imide groups is 1. The molecule has 5 rings (SSSR count). The number of esters is 1. The predicted octanol–water partition coefficient (Wildman–Crippen LogP) is 2.56. The van der Waals surface area contributed by atoms with E-state index < -0.39 is 11.8 Å². The Hall–Kier alpha value is -2.17. The summed E-state index contributed by atoms with van der Waals surface area (Å²) in [5.74, 6) is 1.08. The molecule has 0 spiro atoms. The van der Waals surface area contributed by atoms with Gasteiger partial charge in [-0.2, -0.15) is 0 Å². The van der Waals surface area contributed by atoms with Gasteiger partial charge in [-0.25, -0.2) is 0 Å². The first kappa shape index (κ1) is 16.3. The number of rotatable bonds is 4. The minimum atomic E-state index is -0.578. The predicted molar refractivity (Wildman–Crippen MR) is 90.4 cm³/mol. The van der Waals surface area contributed by atoms with E-state index in [0.29, 0.717) is 17.4 Å². The second kappa shape index (κ2) is 6.62. The van der Waals surface area contributed by atoms with Crippen molar-refractivity contribution in [1.82, 2.24) is 5.32 Å². The first-order valence-corrected chi connectivity index (χ1v) is 9.16. The van der Waals surface area contributed by atoms with Crippen LogP contribution in [0.2, 0.25) is 0 Å². The number of nitrogens with one attached hydrogen (secondary N) is 1. The van der Waals surface area contributed by atoms with Gasteiger partial charge in [0.05, 0.1) is 5.92 Å². The Labute approximate surface area is 147 Å². The lowest BCUT2D eigenvalue weighted by molar-refractivity contribution is -0.164. The number of amides is 2. The maximum atomic E-state index is 12.5. The molecule has 0 aliphatic heterocycles. The summed E-state index contributed by atoms with van der Waals surface area (Å²) < 4.78 is 5.26. The summed E-state index contributed by atoms with van der Waals surface area (Å²) in [4.78, 5) is 36.3. The molecule has 1 aromatic rings. The number of ether oxygens (including phenoxy) is 1. The molecule has 4 bridgehead atoms. The molecule has 0 atom stereocenters. The third-order valence-corrected chi connectivity index (χ3v) is 6.13. The average molecular weight is 341 g/mol. The van der Waals surface area contributed by atoms with Crippen molar-refractivity contribution in [3.05, 3.63) is 35.9 Å². The van der Waals surface area contributed by atoms with Crippen molar-refractivity contribution in [3.8, 4) is 0 Å². The van der Waals surface area contributed by atoms with Crippen LogP contribution < -0.4 is 5.32 Å². The van der Waals surface area contributed by atoms with Crippen molar-refractivity contribution in [3.63, 3.8) is 0 Å². The summed E-state index contributed by atoms with van der Waals surface area (Å²) in [6, 6.07) is 8.51. The van der Waals surface area contributed by atoms with Crippen molar-refractivity contribution in [2.75, 3.05) is 6.61 Å². The average Bonchev–Trinajstić information content (AvgIpc) is 2.60. The third-order valence-electron chi connectivity index (χ3n) is 6.13. The van der Waals surface area contributed by atoms with Gasteiger partial charge >= 0.3 is 5.97 Å². The molecule has 132 valence electrons. The van der Waals surface area contributed by atoms with Crippen molar-refractivity contribution in [2.24, 2.45) is 29.6 Å². The van der Waals surface area contributed by atoms with E-state index in [9.17, 15) is 14.4 Å². The zero-order valence-electron chi connectivity index (χ0n) is 14.1. The molecule has 4 aliphatic carbocycles. The minimum absolute atomic E-state index is 0.0505. The van der Waals surface area contributed by atoms with Gasteiger partial charge in [-0.05, 0) is 67.9 Å². The molecule has 5 nitrogen and oxygen atoms in total. The second-order valence-corrected chi connectivity index (χ2v) is 7.81. The van der Waals surface area contributed by atoms with Crippen LogP contribution >= 0.6 is 0 Å². The number of carbonyl (C=O) groups excluding carboxylic acids is 3. The van der Waals surface area contributed by atoms with Crippen molar-refractivity contribution in [2.45, 2.75) is 32.1 Å². The van der Waals surface area contributed by atoms with E-state index in [0.717, 1.165) is 37.5 Å². The van der Waals surface area contributed by atoms with Gasteiger partial charge in [0.1, 0.15) is 0 Å². The van der Waals surface area contributed by atoms with Crippen LogP contribution in [0.1, 0.15) is 42.5 Å². The van der Waals surface area contributed by atoms with E-state index in [1.807, 2.05) is 0 Å². The highest BCUT2D eigenvalue weighted by atomic mass is 16.5. The number of carbonyl (C=O) groups is 3. The van der Waals surface area contributed by atoms with E-state index in [1.165, 1.54) is 6.42 Å². The fraction of sp³-hybridized carbons (Fsp3) is 0.550. The quantitative estimate of drug-likeness (QED) is 0.854. The molecule has 0 saturated heterocycles. The summed E-state index contributed by atoms with van der Waals surface area (Å²) in [7, 11) is 0. The van der Waals surface area contributed by atoms with Crippen LogP contribution in [0.4, 0.5) is 0 Å². The van der Waals surface area contributed by atoms with Gasteiger partial charge in [-0.3, -0.25) is 19.7 Å². The van der Waals surface area contributed by atoms with E-state index in [-0.39, 0.29) is 18.5 Å². The Morgan fingerprint density at radius 2 is 1.52 bits per heavy atom. The second-order valence-electron chi connectivity index (χ2n) is 7.81. The largest absolute Gasteiger partial charge is 0.455 e. The van der Waals surface area contributed by atoms with Crippen molar-refractivity contribution < 1.29 is 19.1 Å². The topological polar surface area (TPSA) is 72.5 Å². The Morgan fingerprint density at radius 3 is 2.12 bits per heavy atom. The SMILES string of the molecule is O=C(COC(=O)C1C2CC3CC(C2)CC1C3)NC(=O)c1ccccc1. The first-order valence-electron chi connectivity index (χ1n) is 9.16. The lowest BCUT2D eigenvalue weighted by Crippen LogP contribution is -2.48.